The van der Waals surface area contributed by atoms with Gasteiger partial charge in [-0.05, 0) is 43.0 Å². The van der Waals surface area contributed by atoms with E-state index in [1.165, 1.54) is 0 Å². The first-order valence-corrected chi connectivity index (χ1v) is 9.62. The van der Waals surface area contributed by atoms with Crippen molar-refractivity contribution in [2.45, 2.75) is 25.8 Å². The molecule has 0 spiro atoms. The molecule has 142 valence electrons. The van der Waals surface area contributed by atoms with Crippen LogP contribution in [0, 0.1) is 5.92 Å². The first-order valence-electron chi connectivity index (χ1n) is 9.62. The number of aromatic nitrogens is 2. The molecule has 1 amide bonds. The van der Waals surface area contributed by atoms with Gasteiger partial charge in [0.25, 0.3) is 5.91 Å². The Morgan fingerprint density at radius 2 is 1.89 bits per heavy atom. The molecule has 1 aliphatic carbocycles. The van der Waals surface area contributed by atoms with Gasteiger partial charge in [0.15, 0.2) is 5.78 Å². The molecule has 1 N–H and O–H groups in total. The van der Waals surface area contributed by atoms with Gasteiger partial charge in [-0.1, -0.05) is 36.4 Å². The number of hydrogen-bond acceptors (Lipinski definition) is 3. The van der Waals surface area contributed by atoms with E-state index in [4.69, 9.17) is 0 Å². The average Bonchev–Trinajstić information content (AvgIpc) is 3.45. The lowest BCUT2D eigenvalue weighted by molar-refractivity contribution is 0.0946. The minimum Gasteiger partial charge on any atom is -0.350 e. The first kappa shape index (κ1) is 18.2. The molecule has 0 bridgehead atoms. The molecule has 4 rings (SSSR count). The largest absolute Gasteiger partial charge is 0.350 e. The fraction of sp³-hybridized carbons (Fsp3) is 0.261. The van der Waals surface area contributed by atoms with Crippen LogP contribution in [0.25, 0.3) is 11.1 Å². The maximum atomic E-state index is 12.5. The Balaban J connectivity index is 1.43. The summed E-state index contributed by atoms with van der Waals surface area (Å²) in [5, 5.41) is 2.98. The second kappa shape index (κ2) is 7.80. The molecule has 28 heavy (non-hydrogen) atoms. The summed E-state index contributed by atoms with van der Waals surface area (Å²) in [7, 11) is 0. The van der Waals surface area contributed by atoms with Crippen molar-refractivity contribution in [3.05, 3.63) is 78.4 Å². The molecule has 5 heteroatoms. The highest BCUT2D eigenvalue weighted by molar-refractivity contribution is 5.99. The fourth-order valence-electron chi connectivity index (χ4n) is 3.23. The number of amides is 1. The van der Waals surface area contributed by atoms with Crippen molar-refractivity contribution < 1.29 is 9.59 Å². The van der Waals surface area contributed by atoms with E-state index in [9.17, 15) is 9.59 Å². The van der Waals surface area contributed by atoms with Crippen molar-refractivity contribution in [3.63, 3.8) is 0 Å². The molecule has 1 saturated carbocycles. The molecule has 1 heterocycles. The van der Waals surface area contributed by atoms with E-state index in [1.54, 1.807) is 12.5 Å². The zero-order chi connectivity index (χ0) is 19.5. The molecular formula is C23H23N3O2. The van der Waals surface area contributed by atoms with Crippen LogP contribution in [0.3, 0.4) is 0 Å². The van der Waals surface area contributed by atoms with Gasteiger partial charge in [-0.25, -0.2) is 4.98 Å². The molecule has 1 aliphatic rings. The quantitative estimate of drug-likeness (QED) is 0.633. The number of carbonyl (C=O) groups is 2. The molecular weight excluding hydrogens is 350 g/mol. The minimum atomic E-state index is -0.102. The van der Waals surface area contributed by atoms with Gasteiger partial charge in [0.1, 0.15) is 0 Å². The smallest absolute Gasteiger partial charge is 0.251 e. The summed E-state index contributed by atoms with van der Waals surface area (Å²) in [5.41, 5.74) is 3.34. The van der Waals surface area contributed by atoms with E-state index in [0.29, 0.717) is 12.1 Å². The maximum absolute atomic E-state index is 12.5. The Hall–Kier alpha value is -3.21. The molecule has 0 saturated heterocycles. The summed E-state index contributed by atoms with van der Waals surface area (Å²) in [6, 6.07) is 15.4. The van der Waals surface area contributed by atoms with Crippen LogP contribution in [-0.4, -0.2) is 27.8 Å². The van der Waals surface area contributed by atoms with Crippen molar-refractivity contribution in [1.29, 1.82) is 0 Å². The van der Waals surface area contributed by atoms with E-state index >= 15 is 0 Å². The van der Waals surface area contributed by atoms with Crippen molar-refractivity contribution in [3.8, 4) is 11.1 Å². The number of Topliss-reactive ketones (excluding diaryl/α,β-unsaturated/α-hetero) is 1. The predicted octanol–water partition coefficient (Wildman–Crippen LogP) is 4.13. The van der Waals surface area contributed by atoms with Gasteiger partial charge in [0.05, 0.1) is 6.33 Å². The van der Waals surface area contributed by atoms with Crippen molar-refractivity contribution in [1.82, 2.24) is 14.9 Å². The lowest BCUT2D eigenvalue weighted by Crippen LogP contribution is -2.29. The van der Waals surface area contributed by atoms with Gasteiger partial charge >= 0.3 is 0 Å². The lowest BCUT2D eigenvalue weighted by Gasteiger charge is -2.14. The van der Waals surface area contributed by atoms with E-state index < -0.39 is 0 Å². The zero-order valence-electron chi connectivity index (χ0n) is 15.8. The summed E-state index contributed by atoms with van der Waals surface area (Å²) >= 11 is 0. The molecule has 0 aliphatic heterocycles. The lowest BCUT2D eigenvalue weighted by atomic mass is 9.99. The van der Waals surface area contributed by atoms with Crippen LogP contribution >= 0.6 is 0 Å². The van der Waals surface area contributed by atoms with Crippen LogP contribution < -0.4 is 5.32 Å². The molecule has 0 unspecified atom stereocenters. The number of benzene rings is 2. The van der Waals surface area contributed by atoms with Gasteiger partial charge in [0, 0.05) is 42.0 Å². The Morgan fingerprint density at radius 1 is 1.11 bits per heavy atom. The van der Waals surface area contributed by atoms with Gasteiger partial charge in [-0.3, -0.25) is 9.59 Å². The van der Waals surface area contributed by atoms with E-state index in [-0.39, 0.29) is 23.7 Å². The van der Waals surface area contributed by atoms with Crippen molar-refractivity contribution in [2.24, 2.45) is 5.92 Å². The van der Waals surface area contributed by atoms with Gasteiger partial charge in [-0.2, -0.15) is 0 Å². The number of ketones is 1. The predicted molar refractivity (Wildman–Crippen MR) is 108 cm³/mol. The van der Waals surface area contributed by atoms with Crippen LogP contribution in [0.15, 0.2) is 67.3 Å². The highest BCUT2D eigenvalue weighted by Crippen LogP contribution is 2.33. The fourth-order valence-corrected chi connectivity index (χ4v) is 3.23. The van der Waals surface area contributed by atoms with E-state index in [1.807, 2.05) is 66.2 Å². The third-order valence-electron chi connectivity index (χ3n) is 5.17. The molecule has 1 fully saturated rings. The minimum absolute atomic E-state index is 0.102. The normalized spacial score (nSPS) is 14.5. The molecule has 2 aromatic carbocycles. The maximum Gasteiger partial charge on any atom is 0.251 e. The molecule has 1 aromatic heterocycles. The second-order valence-corrected chi connectivity index (χ2v) is 7.37. The van der Waals surface area contributed by atoms with Crippen LogP contribution in [0.5, 0.6) is 0 Å². The van der Waals surface area contributed by atoms with Gasteiger partial charge in [-0.15, -0.1) is 0 Å². The molecule has 0 radical (unpaired) electrons. The van der Waals surface area contributed by atoms with Crippen molar-refractivity contribution in [2.75, 3.05) is 6.54 Å². The summed E-state index contributed by atoms with van der Waals surface area (Å²) < 4.78 is 1.96. The number of nitrogens with one attached hydrogen (secondary N) is 1. The van der Waals surface area contributed by atoms with Crippen LogP contribution in [0.2, 0.25) is 0 Å². The number of nitrogens with zero attached hydrogens (tertiary/aromatic N) is 2. The highest BCUT2D eigenvalue weighted by atomic mass is 16.1. The average molecular weight is 373 g/mol. The standard InChI is InChI=1S/C23H23N3O2/c1-16(26-12-11-24-15-26)14-25-23(28)21-4-2-3-20(13-21)17-5-7-18(8-6-17)22(27)19-9-10-19/h2-8,11-13,15-16,19H,9-10,14H2,1H3,(H,25,28)/t16-/m0/s1. The summed E-state index contributed by atoms with van der Waals surface area (Å²) in [6.07, 6.45) is 7.38. The Kier molecular flexibility index (Phi) is 5.06. The van der Waals surface area contributed by atoms with Gasteiger partial charge in [0.2, 0.25) is 0 Å². The SMILES string of the molecule is C[C@@H](CNC(=O)c1cccc(-c2ccc(C(=O)C3CC3)cc2)c1)n1ccnc1. The summed E-state index contributed by atoms with van der Waals surface area (Å²) in [4.78, 5) is 28.7. The summed E-state index contributed by atoms with van der Waals surface area (Å²) in [6.45, 7) is 2.56. The van der Waals surface area contributed by atoms with Crippen molar-refractivity contribution >= 4 is 11.7 Å². The Morgan fingerprint density at radius 3 is 2.57 bits per heavy atom. The number of imidazole rings is 1. The summed E-state index contributed by atoms with van der Waals surface area (Å²) in [5.74, 6) is 0.364. The van der Waals surface area contributed by atoms with Crippen LogP contribution in [0.1, 0.15) is 46.5 Å². The van der Waals surface area contributed by atoms with E-state index in [0.717, 1.165) is 29.5 Å². The number of carbonyl (C=O) groups excluding carboxylic acids is 2. The van der Waals surface area contributed by atoms with E-state index in [2.05, 4.69) is 10.3 Å². The number of rotatable bonds is 7. The third-order valence-corrected chi connectivity index (χ3v) is 5.17. The monoisotopic (exact) mass is 373 g/mol. The highest BCUT2D eigenvalue weighted by Gasteiger charge is 2.30. The third kappa shape index (κ3) is 4.03. The van der Waals surface area contributed by atoms with Gasteiger partial charge < -0.3 is 9.88 Å². The second-order valence-electron chi connectivity index (χ2n) is 7.37. The first-order chi connectivity index (χ1) is 13.6. The number of hydrogen-bond donors (Lipinski definition) is 1. The molecule has 5 nitrogen and oxygen atoms in total. The molecule has 3 aromatic rings. The Bertz CT molecular complexity index is 973. The Labute approximate surface area is 164 Å². The van der Waals surface area contributed by atoms with Crippen LogP contribution in [0.4, 0.5) is 0 Å². The zero-order valence-corrected chi connectivity index (χ0v) is 15.8. The topological polar surface area (TPSA) is 64.0 Å². The molecule has 1 atom stereocenters. The van der Waals surface area contributed by atoms with Crippen LogP contribution in [-0.2, 0) is 0 Å².